The van der Waals surface area contributed by atoms with Gasteiger partial charge >= 0.3 is 0 Å². The molecule has 0 fully saturated rings. The first-order valence-corrected chi connectivity index (χ1v) is 3.88. The number of hydrogen-bond acceptors (Lipinski definition) is 2. The van der Waals surface area contributed by atoms with Crippen LogP contribution >= 0.6 is 0 Å². The molecular formula is C5H9NO2S. The van der Waals surface area contributed by atoms with E-state index in [1.165, 1.54) is 0 Å². The van der Waals surface area contributed by atoms with Crippen molar-refractivity contribution in [1.82, 2.24) is 0 Å². The van der Waals surface area contributed by atoms with Gasteiger partial charge in [-0.2, -0.15) is 5.26 Å². The molecule has 0 bridgehead atoms. The fourth-order valence-electron chi connectivity index (χ4n) is 0.458. The van der Waals surface area contributed by atoms with E-state index in [-0.39, 0.29) is 11.7 Å². The highest BCUT2D eigenvalue weighted by molar-refractivity contribution is 7.79. The summed E-state index contributed by atoms with van der Waals surface area (Å²) in [5, 5.41) is 8.12. The first kappa shape index (κ1) is 8.60. The molecule has 52 valence electrons. The van der Waals surface area contributed by atoms with Gasteiger partial charge in [0.25, 0.3) is 0 Å². The third-order valence-electron chi connectivity index (χ3n) is 0.867. The molecule has 0 heterocycles. The second-order valence-corrected chi connectivity index (χ2v) is 2.93. The van der Waals surface area contributed by atoms with E-state index in [1.807, 2.05) is 6.07 Å². The van der Waals surface area contributed by atoms with E-state index in [2.05, 4.69) is 0 Å². The molecule has 4 heteroatoms. The maximum atomic E-state index is 10.1. The summed E-state index contributed by atoms with van der Waals surface area (Å²) in [6, 6.07) is 1.93. The van der Waals surface area contributed by atoms with Crippen molar-refractivity contribution < 1.29 is 8.76 Å². The van der Waals surface area contributed by atoms with E-state index >= 15 is 0 Å². The van der Waals surface area contributed by atoms with E-state index in [0.717, 1.165) is 0 Å². The van der Waals surface area contributed by atoms with E-state index in [9.17, 15) is 4.21 Å². The van der Waals surface area contributed by atoms with Crippen LogP contribution in [0.15, 0.2) is 0 Å². The molecule has 9 heavy (non-hydrogen) atoms. The molecule has 0 aliphatic rings. The zero-order chi connectivity index (χ0) is 7.28. The smallest absolute Gasteiger partial charge is 0.153 e. The summed E-state index contributed by atoms with van der Waals surface area (Å²) in [5.74, 6) is 0.230. The molecule has 0 rings (SSSR count). The molecule has 2 unspecified atom stereocenters. The number of nitrogens with zero attached hydrogens (tertiary/aromatic N) is 1. The van der Waals surface area contributed by atoms with Crippen molar-refractivity contribution in [2.45, 2.75) is 13.3 Å². The van der Waals surface area contributed by atoms with E-state index in [0.29, 0.717) is 6.42 Å². The van der Waals surface area contributed by atoms with Gasteiger partial charge in [0.2, 0.25) is 0 Å². The molecule has 0 spiro atoms. The zero-order valence-corrected chi connectivity index (χ0v) is 6.02. The van der Waals surface area contributed by atoms with Crippen molar-refractivity contribution in [3.05, 3.63) is 0 Å². The summed E-state index contributed by atoms with van der Waals surface area (Å²) in [4.78, 5) is 0. The molecule has 0 aliphatic heterocycles. The fraction of sp³-hybridized carbons (Fsp3) is 0.800. The first-order chi connectivity index (χ1) is 4.16. The average Bonchev–Trinajstić information content (AvgIpc) is 1.63. The average molecular weight is 147 g/mol. The highest BCUT2D eigenvalue weighted by Crippen LogP contribution is 2.00. The Morgan fingerprint density at radius 1 is 1.89 bits per heavy atom. The molecule has 0 radical (unpaired) electrons. The Labute approximate surface area is 57.0 Å². The summed E-state index contributed by atoms with van der Waals surface area (Å²) >= 11 is -1.75. The van der Waals surface area contributed by atoms with Crippen LogP contribution in [0.25, 0.3) is 0 Å². The summed E-state index contributed by atoms with van der Waals surface area (Å²) in [6.07, 6.45) is 0.353. The van der Waals surface area contributed by atoms with Crippen molar-refractivity contribution in [2.24, 2.45) is 5.92 Å². The van der Waals surface area contributed by atoms with Gasteiger partial charge in [-0.15, -0.1) is 0 Å². The van der Waals surface area contributed by atoms with Gasteiger partial charge in [0, 0.05) is 6.42 Å². The lowest BCUT2D eigenvalue weighted by atomic mass is 10.2. The van der Waals surface area contributed by atoms with Crippen LogP contribution in [0, 0.1) is 17.2 Å². The van der Waals surface area contributed by atoms with Gasteiger partial charge in [-0.25, -0.2) is 4.21 Å². The molecule has 0 amide bonds. The minimum atomic E-state index is -1.75. The predicted octanol–water partition coefficient (Wildman–Crippen LogP) is 0.758. The van der Waals surface area contributed by atoms with Crippen LogP contribution in [0.4, 0.5) is 0 Å². The minimum absolute atomic E-state index is 0.0285. The van der Waals surface area contributed by atoms with Gasteiger partial charge in [-0.1, -0.05) is 6.92 Å². The molecule has 2 atom stereocenters. The van der Waals surface area contributed by atoms with Crippen LogP contribution in [-0.4, -0.2) is 14.5 Å². The molecule has 0 aromatic rings. The monoisotopic (exact) mass is 147 g/mol. The lowest BCUT2D eigenvalue weighted by Gasteiger charge is -1.99. The molecule has 0 aromatic carbocycles. The zero-order valence-electron chi connectivity index (χ0n) is 5.20. The maximum Gasteiger partial charge on any atom is 0.153 e. The molecule has 0 aliphatic carbocycles. The highest BCUT2D eigenvalue weighted by Gasteiger charge is 2.03. The van der Waals surface area contributed by atoms with Gasteiger partial charge in [0.05, 0.1) is 11.8 Å². The number of nitriles is 1. The molecule has 3 nitrogen and oxygen atoms in total. The normalized spacial score (nSPS) is 16.1. The topological polar surface area (TPSA) is 61.1 Å². The van der Waals surface area contributed by atoms with Crippen molar-refractivity contribution >= 4 is 11.1 Å². The van der Waals surface area contributed by atoms with E-state index in [1.54, 1.807) is 6.92 Å². The number of rotatable bonds is 3. The largest absolute Gasteiger partial charge is 0.306 e. The Kier molecular flexibility index (Phi) is 4.28. The van der Waals surface area contributed by atoms with Gasteiger partial charge in [-0.3, -0.25) is 0 Å². The Morgan fingerprint density at radius 3 is 2.78 bits per heavy atom. The van der Waals surface area contributed by atoms with Crippen LogP contribution in [0.3, 0.4) is 0 Å². The standard InChI is InChI=1S/C5H9NO2S/c1-5(2-3-6)4-9(7)8/h5H,2,4H2,1H3,(H,7,8). The number of hydrogen-bond donors (Lipinski definition) is 1. The van der Waals surface area contributed by atoms with Crippen LogP contribution in [0.2, 0.25) is 0 Å². The molecular weight excluding hydrogens is 138 g/mol. The minimum Gasteiger partial charge on any atom is -0.306 e. The SMILES string of the molecule is CC(CC#N)CS(=O)O. The second-order valence-electron chi connectivity index (χ2n) is 1.96. The van der Waals surface area contributed by atoms with Gasteiger partial charge in [0.1, 0.15) is 0 Å². The molecule has 0 aromatic heterocycles. The molecule has 0 saturated carbocycles. The van der Waals surface area contributed by atoms with E-state index < -0.39 is 11.1 Å². The highest BCUT2D eigenvalue weighted by atomic mass is 32.2. The summed E-state index contributed by atoms with van der Waals surface area (Å²) in [5.41, 5.74) is 0. The lowest BCUT2D eigenvalue weighted by Crippen LogP contribution is -2.05. The van der Waals surface area contributed by atoms with Crippen LogP contribution in [0.1, 0.15) is 13.3 Å². The summed E-state index contributed by atoms with van der Waals surface area (Å²) in [6.45, 7) is 1.78. The maximum absolute atomic E-state index is 10.1. The summed E-state index contributed by atoms with van der Waals surface area (Å²) < 4.78 is 18.4. The van der Waals surface area contributed by atoms with Crippen molar-refractivity contribution in [2.75, 3.05) is 5.75 Å². The van der Waals surface area contributed by atoms with Gasteiger partial charge in [0.15, 0.2) is 11.1 Å². The molecule has 1 N–H and O–H groups in total. The predicted molar refractivity (Wildman–Crippen MR) is 35.0 cm³/mol. The summed E-state index contributed by atoms with van der Waals surface area (Å²) in [7, 11) is 0. The Balaban J connectivity index is 3.40. The van der Waals surface area contributed by atoms with Crippen LogP contribution in [-0.2, 0) is 11.1 Å². The quantitative estimate of drug-likeness (QED) is 0.599. The van der Waals surface area contributed by atoms with Crippen molar-refractivity contribution in [3.63, 3.8) is 0 Å². The second kappa shape index (κ2) is 4.48. The van der Waals surface area contributed by atoms with Gasteiger partial charge < -0.3 is 4.55 Å². The lowest BCUT2D eigenvalue weighted by molar-refractivity contribution is 0.545. The van der Waals surface area contributed by atoms with Crippen molar-refractivity contribution in [1.29, 1.82) is 5.26 Å². The van der Waals surface area contributed by atoms with Gasteiger partial charge in [-0.05, 0) is 5.92 Å². The van der Waals surface area contributed by atoms with Crippen LogP contribution < -0.4 is 0 Å². The Hall–Kier alpha value is -0.400. The Morgan fingerprint density at radius 2 is 2.44 bits per heavy atom. The van der Waals surface area contributed by atoms with Crippen LogP contribution in [0.5, 0.6) is 0 Å². The fourth-order valence-corrected chi connectivity index (χ4v) is 1.06. The van der Waals surface area contributed by atoms with E-state index in [4.69, 9.17) is 9.81 Å². The van der Waals surface area contributed by atoms with Crippen molar-refractivity contribution in [3.8, 4) is 6.07 Å². The third-order valence-corrected chi connectivity index (χ3v) is 1.72. The Bertz CT molecular complexity index is 140. The third kappa shape index (κ3) is 5.47. The molecule has 0 saturated heterocycles. The first-order valence-electron chi connectivity index (χ1n) is 2.61.